The molecule has 3 rings (SSSR count). The third-order valence-corrected chi connectivity index (χ3v) is 5.86. The Balaban J connectivity index is 1.70. The van der Waals surface area contributed by atoms with Crippen molar-refractivity contribution in [3.05, 3.63) is 5.69 Å². The van der Waals surface area contributed by atoms with Crippen LogP contribution in [0.4, 0.5) is 0 Å². The summed E-state index contributed by atoms with van der Waals surface area (Å²) in [5.41, 5.74) is 1.32. The van der Waals surface area contributed by atoms with Crippen molar-refractivity contribution in [1.29, 1.82) is 0 Å². The van der Waals surface area contributed by atoms with Crippen molar-refractivity contribution >= 4 is 23.5 Å². The van der Waals surface area contributed by atoms with E-state index in [9.17, 15) is 0 Å². The third kappa shape index (κ3) is 2.58. The zero-order chi connectivity index (χ0) is 12.4. The van der Waals surface area contributed by atoms with Gasteiger partial charge in [-0.2, -0.15) is 8.75 Å². The van der Waals surface area contributed by atoms with Crippen molar-refractivity contribution in [2.24, 2.45) is 5.92 Å². The number of aromatic nitrogens is 2. The number of hydrogen-bond acceptors (Lipinski definition) is 5. The lowest BCUT2D eigenvalue weighted by Gasteiger charge is -2.21. The normalized spacial score (nSPS) is 30.8. The number of thioether (sulfide) groups is 1. The van der Waals surface area contributed by atoms with Crippen LogP contribution in [0, 0.1) is 5.92 Å². The fourth-order valence-corrected chi connectivity index (χ4v) is 5.01. The van der Waals surface area contributed by atoms with Gasteiger partial charge in [0, 0.05) is 19.0 Å². The molecule has 0 aromatic carbocycles. The zero-order valence-electron chi connectivity index (χ0n) is 11.0. The number of unbranched alkanes of at least 4 members (excludes halogenated alkanes) is 1. The van der Waals surface area contributed by atoms with E-state index in [1.54, 1.807) is 0 Å². The number of hydrogen-bond donors (Lipinski definition) is 0. The Hall–Kier alpha value is -0.130. The van der Waals surface area contributed by atoms with E-state index in [0.29, 0.717) is 5.92 Å². The molecule has 100 valence electrons. The van der Waals surface area contributed by atoms with Crippen LogP contribution in [-0.2, 0) is 0 Å². The highest BCUT2D eigenvalue weighted by molar-refractivity contribution is 7.99. The summed E-state index contributed by atoms with van der Waals surface area (Å²) in [5.74, 6) is 2.69. The Labute approximate surface area is 118 Å². The number of rotatable bonds is 5. The molecule has 0 N–H and O–H groups in total. The topological polar surface area (TPSA) is 29.0 Å². The molecule has 3 atom stereocenters. The third-order valence-electron chi connectivity index (χ3n) is 4.14. The predicted molar refractivity (Wildman–Crippen MR) is 77.4 cm³/mol. The highest BCUT2D eigenvalue weighted by atomic mass is 32.2. The van der Waals surface area contributed by atoms with E-state index < -0.39 is 0 Å². The molecular weight excluding hydrogens is 262 g/mol. The summed E-state index contributed by atoms with van der Waals surface area (Å²) in [7, 11) is 0. The van der Waals surface area contributed by atoms with Crippen molar-refractivity contribution in [2.75, 3.05) is 25.4 Å². The first-order valence-electron chi connectivity index (χ1n) is 7.06. The molecule has 2 aliphatic heterocycles. The van der Waals surface area contributed by atoms with Gasteiger partial charge in [-0.05, 0) is 37.5 Å². The van der Waals surface area contributed by atoms with Gasteiger partial charge < -0.3 is 4.90 Å². The SMILES string of the molecule is CCCCSc1nsnc1[C@H]1CN2CCC[C@H]1C2. The van der Waals surface area contributed by atoms with Crippen LogP contribution in [0.5, 0.6) is 0 Å². The molecule has 0 spiro atoms. The number of fused-ring (bicyclic) bond motifs is 2. The molecule has 1 aromatic heterocycles. The van der Waals surface area contributed by atoms with Gasteiger partial charge in [-0.3, -0.25) is 0 Å². The molecule has 2 bridgehead atoms. The average Bonchev–Trinajstić information content (AvgIpc) is 2.95. The molecule has 3 nitrogen and oxygen atoms in total. The van der Waals surface area contributed by atoms with Gasteiger partial charge >= 0.3 is 0 Å². The number of piperidine rings is 1. The van der Waals surface area contributed by atoms with Crippen LogP contribution in [0.25, 0.3) is 0 Å². The fourth-order valence-electron chi connectivity index (χ4n) is 3.15. The maximum atomic E-state index is 4.62. The lowest BCUT2D eigenvalue weighted by Crippen LogP contribution is -2.25. The minimum Gasteiger partial charge on any atom is -0.302 e. The van der Waals surface area contributed by atoms with Gasteiger partial charge in [0.1, 0.15) is 5.03 Å². The molecule has 0 saturated carbocycles. The maximum Gasteiger partial charge on any atom is 0.134 e. The first-order chi connectivity index (χ1) is 8.88. The van der Waals surface area contributed by atoms with Crippen LogP contribution in [0.2, 0.25) is 0 Å². The molecule has 1 aromatic rings. The molecule has 0 aliphatic carbocycles. The summed E-state index contributed by atoms with van der Waals surface area (Å²) in [6, 6.07) is 0. The van der Waals surface area contributed by atoms with Crippen molar-refractivity contribution in [2.45, 2.75) is 43.6 Å². The predicted octanol–water partition coefficient (Wildman–Crippen LogP) is 3.24. The minimum atomic E-state index is 0.662. The van der Waals surface area contributed by atoms with Gasteiger partial charge in [-0.15, -0.1) is 11.8 Å². The molecule has 5 heteroatoms. The Bertz CT molecular complexity index is 393. The Morgan fingerprint density at radius 1 is 1.39 bits per heavy atom. The molecular formula is C13H21N3S2. The lowest BCUT2D eigenvalue weighted by molar-refractivity contribution is 0.269. The molecule has 0 radical (unpaired) electrons. The van der Waals surface area contributed by atoms with Crippen molar-refractivity contribution in [3.8, 4) is 0 Å². The summed E-state index contributed by atoms with van der Waals surface area (Å²) in [6.45, 7) is 6.05. The van der Waals surface area contributed by atoms with Gasteiger partial charge in [0.2, 0.25) is 0 Å². The van der Waals surface area contributed by atoms with E-state index in [1.165, 1.54) is 73.5 Å². The van der Waals surface area contributed by atoms with Crippen LogP contribution < -0.4 is 0 Å². The van der Waals surface area contributed by atoms with Gasteiger partial charge in [0.15, 0.2) is 0 Å². The van der Waals surface area contributed by atoms with Gasteiger partial charge in [-0.25, -0.2) is 0 Å². The highest BCUT2D eigenvalue weighted by Crippen LogP contribution is 2.41. The zero-order valence-corrected chi connectivity index (χ0v) is 12.6. The Morgan fingerprint density at radius 2 is 2.33 bits per heavy atom. The highest BCUT2D eigenvalue weighted by Gasteiger charge is 2.38. The van der Waals surface area contributed by atoms with Crippen LogP contribution in [0.1, 0.15) is 44.2 Å². The Kier molecular flexibility index (Phi) is 4.21. The second-order valence-electron chi connectivity index (χ2n) is 5.43. The van der Waals surface area contributed by atoms with E-state index in [-0.39, 0.29) is 0 Å². The summed E-state index contributed by atoms with van der Waals surface area (Å²) < 4.78 is 9.14. The van der Waals surface area contributed by atoms with Crippen molar-refractivity contribution in [1.82, 2.24) is 13.6 Å². The van der Waals surface area contributed by atoms with Crippen molar-refractivity contribution in [3.63, 3.8) is 0 Å². The molecule has 2 fully saturated rings. The maximum absolute atomic E-state index is 4.62. The van der Waals surface area contributed by atoms with Crippen molar-refractivity contribution < 1.29 is 0 Å². The quantitative estimate of drug-likeness (QED) is 0.613. The standard InChI is InChI=1S/C13H21N3S2/c1-2-3-7-17-13-12(14-18-15-13)11-9-16-6-4-5-10(11)8-16/h10-11H,2-9H2,1H3/t10-,11-/m0/s1. The van der Waals surface area contributed by atoms with E-state index in [4.69, 9.17) is 0 Å². The Morgan fingerprint density at radius 3 is 3.17 bits per heavy atom. The first kappa shape index (κ1) is 12.9. The van der Waals surface area contributed by atoms with Gasteiger partial charge in [0.05, 0.1) is 17.4 Å². The molecule has 1 unspecified atom stereocenters. The van der Waals surface area contributed by atoms with Crippen LogP contribution in [0.3, 0.4) is 0 Å². The molecule has 2 aliphatic rings. The van der Waals surface area contributed by atoms with E-state index in [1.807, 2.05) is 11.8 Å². The van der Waals surface area contributed by atoms with Crippen LogP contribution in [0.15, 0.2) is 5.03 Å². The van der Waals surface area contributed by atoms with E-state index in [2.05, 4.69) is 20.6 Å². The second kappa shape index (κ2) is 5.88. The molecule has 18 heavy (non-hydrogen) atoms. The molecule has 3 heterocycles. The van der Waals surface area contributed by atoms with Crippen LogP contribution in [-0.4, -0.2) is 39.0 Å². The van der Waals surface area contributed by atoms with E-state index >= 15 is 0 Å². The number of nitrogens with zero attached hydrogens (tertiary/aromatic N) is 3. The smallest absolute Gasteiger partial charge is 0.134 e. The summed E-state index contributed by atoms with van der Waals surface area (Å²) in [5, 5.41) is 1.23. The van der Waals surface area contributed by atoms with E-state index in [0.717, 1.165) is 5.92 Å². The summed E-state index contributed by atoms with van der Waals surface area (Å²) in [6.07, 6.45) is 5.30. The molecule has 0 amide bonds. The minimum absolute atomic E-state index is 0.662. The lowest BCUT2D eigenvalue weighted by atomic mass is 9.89. The van der Waals surface area contributed by atoms with Gasteiger partial charge in [-0.1, -0.05) is 13.3 Å². The average molecular weight is 283 g/mol. The first-order valence-corrected chi connectivity index (χ1v) is 8.77. The van der Waals surface area contributed by atoms with Crippen LogP contribution >= 0.6 is 23.5 Å². The monoisotopic (exact) mass is 283 g/mol. The largest absolute Gasteiger partial charge is 0.302 e. The fraction of sp³-hybridized carbons (Fsp3) is 0.846. The second-order valence-corrected chi connectivity index (χ2v) is 7.04. The van der Waals surface area contributed by atoms with Gasteiger partial charge in [0.25, 0.3) is 0 Å². The summed E-state index contributed by atoms with van der Waals surface area (Å²) >= 11 is 3.32. The molecule has 2 saturated heterocycles. The summed E-state index contributed by atoms with van der Waals surface area (Å²) in [4.78, 5) is 2.61.